The van der Waals surface area contributed by atoms with Crippen molar-refractivity contribution < 1.29 is 9.59 Å². The summed E-state index contributed by atoms with van der Waals surface area (Å²) >= 11 is 0. The quantitative estimate of drug-likeness (QED) is 0.432. The van der Waals surface area contributed by atoms with Crippen LogP contribution in [0.3, 0.4) is 0 Å². The summed E-state index contributed by atoms with van der Waals surface area (Å²) in [6.45, 7) is 5.85. The summed E-state index contributed by atoms with van der Waals surface area (Å²) in [5.41, 5.74) is 5.08. The van der Waals surface area contributed by atoms with Gasteiger partial charge >= 0.3 is 0 Å². The van der Waals surface area contributed by atoms with Crippen molar-refractivity contribution >= 4 is 17.5 Å². The summed E-state index contributed by atoms with van der Waals surface area (Å²) in [5, 5.41) is 10.5. The van der Waals surface area contributed by atoms with Gasteiger partial charge in [-0.2, -0.15) is 5.10 Å². The maximum absolute atomic E-state index is 13.2. The summed E-state index contributed by atoms with van der Waals surface area (Å²) in [5.74, 6) is -0.416. The maximum atomic E-state index is 13.2. The van der Waals surface area contributed by atoms with Gasteiger partial charge in [-0.3, -0.25) is 9.59 Å². The zero-order valence-corrected chi connectivity index (χ0v) is 18.9. The number of aryl methyl sites for hydroxylation is 1. The molecule has 6 nitrogen and oxygen atoms in total. The molecule has 0 radical (unpaired) electrons. The normalized spacial score (nSPS) is 10.8. The van der Waals surface area contributed by atoms with E-state index in [0.717, 1.165) is 16.8 Å². The van der Waals surface area contributed by atoms with Crippen molar-refractivity contribution in [3.63, 3.8) is 0 Å². The fourth-order valence-electron chi connectivity index (χ4n) is 3.43. The van der Waals surface area contributed by atoms with Gasteiger partial charge in [-0.25, -0.2) is 4.68 Å². The van der Waals surface area contributed by atoms with Crippen molar-refractivity contribution in [1.82, 2.24) is 15.1 Å². The molecular weight excluding hydrogens is 412 g/mol. The Bertz CT molecular complexity index is 1260. The van der Waals surface area contributed by atoms with Crippen LogP contribution < -0.4 is 10.6 Å². The molecule has 2 amide bonds. The number of benzene rings is 3. The number of nitrogens with one attached hydrogen (secondary N) is 2. The Morgan fingerprint density at radius 1 is 0.848 bits per heavy atom. The molecule has 0 aliphatic rings. The van der Waals surface area contributed by atoms with Crippen molar-refractivity contribution in [1.29, 1.82) is 0 Å². The molecule has 0 spiro atoms. The third kappa shape index (κ3) is 5.18. The molecule has 33 heavy (non-hydrogen) atoms. The third-order valence-electron chi connectivity index (χ3n) is 5.13. The van der Waals surface area contributed by atoms with Crippen molar-refractivity contribution in [2.45, 2.75) is 26.8 Å². The second-order valence-electron chi connectivity index (χ2n) is 8.20. The Morgan fingerprint density at radius 3 is 2.15 bits per heavy atom. The standard InChI is InChI=1S/C27H26N4O2/c1-18(2)28-26(32)21-11-13-22(14-12-21)29-27(33)24-17-31(23-15-9-19(3)10-16-23)30-25(24)20-7-5-4-6-8-20/h4-18H,1-3H3,(H,28,32)(H,29,33). The molecular formula is C27H26N4O2. The van der Waals surface area contributed by atoms with Gasteiger partial charge in [-0.05, 0) is 57.2 Å². The Balaban J connectivity index is 1.62. The average Bonchev–Trinajstić information content (AvgIpc) is 3.26. The van der Waals surface area contributed by atoms with E-state index in [0.29, 0.717) is 22.5 Å². The summed E-state index contributed by atoms with van der Waals surface area (Å²) in [7, 11) is 0. The predicted molar refractivity (Wildman–Crippen MR) is 131 cm³/mol. The average molecular weight is 439 g/mol. The van der Waals surface area contributed by atoms with Crippen molar-refractivity contribution in [3.05, 3.63) is 102 Å². The zero-order valence-electron chi connectivity index (χ0n) is 18.9. The summed E-state index contributed by atoms with van der Waals surface area (Å²) in [6, 6.07) is 24.5. The molecule has 1 aromatic heterocycles. The van der Waals surface area contributed by atoms with Crippen LogP contribution in [-0.2, 0) is 0 Å². The molecule has 3 aromatic carbocycles. The Kier molecular flexibility index (Phi) is 6.36. The van der Waals surface area contributed by atoms with Crippen LogP contribution >= 0.6 is 0 Å². The highest BCUT2D eigenvalue weighted by atomic mass is 16.2. The smallest absolute Gasteiger partial charge is 0.259 e. The minimum absolute atomic E-state index is 0.0540. The molecule has 0 atom stereocenters. The van der Waals surface area contributed by atoms with Crippen LogP contribution in [0.5, 0.6) is 0 Å². The minimum Gasteiger partial charge on any atom is -0.350 e. The minimum atomic E-state index is -0.272. The number of hydrogen-bond donors (Lipinski definition) is 2. The van der Waals surface area contributed by atoms with Gasteiger partial charge < -0.3 is 10.6 Å². The van der Waals surface area contributed by atoms with E-state index in [1.807, 2.05) is 75.4 Å². The van der Waals surface area contributed by atoms with Crippen molar-refractivity contribution in [3.8, 4) is 16.9 Å². The van der Waals surface area contributed by atoms with E-state index in [-0.39, 0.29) is 17.9 Å². The Morgan fingerprint density at radius 2 is 1.52 bits per heavy atom. The monoisotopic (exact) mass is 438 g/mol. The molecule has 4 rings (SSSR count). The lowest BCUT2D eigenvalue weighted by Crippen LogP contribution is -2.30. The highest BCUT2D eigenvalue weighted by Gasteiger charge is 2.19. The molecule has 0 fully saturated rings. The van der Waals surface area contributed by atoms with Crippen molar-refractivity contribution in [2.24, 2.45) is 0 Å². The number of carbonyl (C=O) groups is 2. The van der Waals surface area contributed by atoms with Gasteiger partial charge in [-0.15, -0.1) is 0 Å². The first-order valence-electron chi connectivity index (χ1n) is 10.8. The van der Waals surface area contributed by atoms with Crippen LogP contribution in [0.25, 0.3) is 16.9 Å². The molecule has 1 heterocycles. The van der Waals surface area contributed by atoms with Crippen molar-refractivity contribution in [2.75, 3.05) is 5.32 Å². The van der Waals surface area contributed by atoms with E-state index in [1.54, 1.807) is 35.1 Å². The molecule has 0 saturated heterocycles. The van der Waals surface area contributed by atoms with Gasteiger partial charge in [0, 0.05) is 29.1 Å². The molecule has 0 bridgehead atoms. The van der Waals surface area contributed by atoms with Gasteiger partial charge in [0.2, 0.25) is 0 Å². The van der Waals surface area contributed by atoms with Gasteiger partial charge in [0.1, 0.15) is 5.69 Å². The van der Waals surface area contributed by atoms with Crippen LogP contribution in [0.15, 0.2) is 85.1 Å². The summed E-state index contributed by atoms with van der Waals surface area (Å²) in [4.78, 5) is 25.4. The predicted octanol–water partition coefficient (Wildman–Crippen LogP) is 5.24. The fourth-order valence-corrected chi connectivity index (χ4v) is 3.43. The molecule has 0 aliphatic carbocycles. The number of nitrogens with zero attached hydrogens (tertiary/aromatic N) is 2. The van der Waals surface area contributed by atoms with E-state index in [2.05, 4.69) is 10.6 Å². The van der Waals surface area contributed by atoms with E-state index < -0.39 is 0 Å². The van der Waals surface area contributed by atoms with E-state index in [1.165, 1.54) is 0 Å². The Labute approximate surface area is 193 Å². The molecule has 0 saturated carbocycles. The van der Waals surface area contributed by atoms with Gasteiger partial charge in [-0.1, -0.05) is 48.0 Å². The van der Waals surface area contributed by atoms with E-state index in [9.17, 15) is 9.59 Å². The van der Waals surface area contributed by atoms with Gasteiger partial charge in [0.25, 0.3) is 11.8 Å². The Hall–Kier alpha value is -4.19. The molecule has 2 N–H and O–H groups in total. The first-order valence-corrected chi connectivity index (χ1v) is 10.8. The molecule has 0 aliphatic heterocycles. The summed E-state index contributed by atoms with van der Waals surface area (Å²) < 4.78 is 1.72. The van der Waals surface area contributed by atoms with E-state index >= 15 is 0 Å². The largest absolute Gasteiger partial charge is 0.350 e. The van der Waals surface area contributed by atoms with Crippen LogP contribution in [0, 0.1) is 6.92 Å². The lowest BCUT2D eigenvalue weighted by Gasteiger charge is -2.09. The molecule has 4 aromatic rings. The second kappa shape index (κ2) is 9.53. The lowest BCUT2D eigenvalue weighted by molar-refractivity contribution is 0.0942. The maximum Gasteiger partial charge on any atom is 0.259 e. The number of rotatable bonds is 6. The zero-order chi connectivity index (χ0) is 23.4. The van der Waals surface area contributed by atoms with Crippen LogP contribution in [0.2, 0.25) is 0 Å². The van der Waals surface area contributed by atoms with Crippen LogP contribution in [-0.4, -0.2) is 27.6 Å². The van der Waals surface area contributed by atoms with Crippen LogP contribution in [0.4, 0.5) is 5.69 Å². The third-order valence-corrected chi connectivity index (χ3v) is 5.13. The first kappa shape index (κ1) is 22.0. The summed E-state index contributed by atoms with van der Waals surface area (Å²) in [6.07, 6.45) is 1.74. The SMILES string of the molecule is Cc1ccc(-n2cc(C(=O)Nc3ccc(C(=O)NC(C)C)cc3)c(-c3ccccc3)n2)cc1. The number of hydrogen-bond acceptors (Lipinski definition) is 3. The number of anilines is 1. The second-order valence-corrected chi connectivity index (χ2v) is 8.20. The van der Waals surface area contributed by atoms with Gasteiger partial charge in [0.05, 0.1) is 11.3 Å². The topological polar surface area (TPSA) is 76.0 Å². The van der Waals surface area contributed by atoms with Gasteiger partial charge in [0.15, 0.2) is 0 Å². The first-order chi connectivity index (χ1) is 15.9. The van der Waals surface area contributed by atoms with Crippen LogP contribution in [0.1, 0.15) is 40.1 Å². The lowest BCUT2D eigenvalue weighted by atomic mass is 10.1. The number of aromatic nitrogens is 2. The highest BCUT2D eigenvalue weighted by molar-refractivity contribution is 6.08. The van der Waals surface area contributed by atoms with E-state index in [4.69, 9.17) is 5.10 Å². The number of amides is 2. The highest BCUT2D eigenvalue weighted by Crippen LogP contribution is 2.25. The molecule has 6 heteroatoms. The fraction of sp³-hybridized carbons (Fsp3) is 0.148. The molecule has 0 unspecified atom stereocenters. The molecule has 166 valence electrons. The number of carbonyl (C=O) groups excluding carboxylic acids is 2.